The molecule has 1 heterocycles. The number of benzene rings is 2. The van der Waals surface area contributed by atoms with Crippen molar-refractivity contribution in [3.8, 4) is 11.5 Å². The molecule has 2 aromatic rings. The van der Waals surface area contributed by atoms with Gasteiger partial charge >= 0.3 is 11.9 Å². The summed E-state index contributed by atoms with van der Waals surface area (Å²) in [5.74, 6) is 0.290. The van der Waals surface area contributed by atoms with Gasteiger partial charge in [0.15, 0.2) is 0 Å². The second-order valence-corrected chi connectivity index (χ2v) is 11.1. The molecular weight excluding hydrogens is 612 g/mol. The van der Waals surface area contributed by atoms with Gasteiger partial charge in [-0.15, -0.1) is 6.58 Å². The Balaban J connectivity index is 0.00000113. The summed E-state index contributed by atoms with van der Waals surface area (Å²) < 4.78 is 28.0. The van der Waals surface area contributed by atoms with Gasteiger partial charge in [0.25, 0.3) is 0 Å². The number of esters is 2. The minimum Gasteiger partial charge on any atom is -0.488 e. The Bertz CT molecular complexity index is 1320. The van der Waals surface area contributed by atoms with Crippen molar-refractivity contribution >= 4 is 29.6 Å². The van der Waals surface area contributed by atoms with Gasteiger partial charge < -0.3 is 33.5 Å². The van der Waals surface area contributed by atoms with Crippen LogP contribution in [0.4, 0.5) is 11.4 Å². The van der Waals surface area contributed by atoms with Crippen molar-refractivity contribution in [2.75, 3.05) is 76.6 Å². The van der Waals surface area contributed by atoms with Gasteiger partial charge in [-0.2, -0.15) is 0 Å². The molecule has 0 spiro atoms. The standard InChI is InChI=1S/C29H38N2O8.C5H10.C4H8/c1-5-6-22-16-25-27(17-23(22)20-32)39-14-13-38-26-15-21(2)7-8-24(26)30(18-28(33)35-3)9-11-37-12-10-31(25)19-29(34)36-4;1-4-5(2)3;1-3-4-2/h7-8,15-17,20H,5-6,9-14,18-19H2,1-4H3;2,4H2,1,3H3;3-4H,1-2H3/b;;4-3-. The fourth-order valence-corrected chi connectivity index (χ4v) is 4.35. The quantitative estimate of drug-likeness (QED) is 0.170. The third-order valence-electron chi connectivity index (χ3n) is 7.31. The Morgan fingerprint density at radius 3 is 1.83 bits per heavy atom. The third-order valence-corrected chi connectivity index (χ3v) is 7.31. The maximum absolute atomic E-state index is 12.3. The summed E-state index contributed by atoms with van der Waals surface area (Å²) in [5.41, 5.74) is 5.10. The van der Waals surface area contributed by atoms with Crippen LogP contribution in [0, 0.1) is 6.92 Å². The summed E-state index contributed by atoms with van der Waals surface area (Å²) in [6, 6.07) is 9.39. The van der Waals surface area contributed by atoms with Crippen LogP contribution in [0.1, 0.15) is 68.9 Å². The van der Waals surface area contributed by atoms with Gasteiger partial charge in [-0.3, -0.25) is 14.4 Å². The maximum atomic E-state index is 12.3. The number of aryl methyl sites for hydroxylation is 2. The van der Waals surface area contributed by atoms with Gasteiger partial charge in [-0.1, -0.05) is 44.1 Å². The molecule has 0 radical (unpaired) electrons. The van der Waals surface area contributed by atoms with E-state index < -0.39 is 5.97 Å². The van der Waals surface area contributed by atoms with Gasteiger partial charge in [0.05, 0.1) is 38.8 Å². The van der Waals surface area contributed by atoms with Gasteiger partial charge in [0, 0.05) is 18.7 Å². The predicted octanol–water partition coefficient (Wildman–Crippen LogP) is 6.76. The van der Waals surface area contributed by atoms with Gasteiger partial charge in [0.1, 0.15) is 44.1 Å². The Hall–Kier alpha value is -4.31. The smallest absolute Gasteiger partial charge is 0.325 e. The van der Waals surface area contributed by atoms with Crippen molar-refractivity contribution < 1.29 is 38.1 Å². The first-order valence-corrected chi connectivity index (χ1v) is 16.5. The van der Waals surface area contributed by atoms with Gasteiger partial charge in [-0.25, -0.2) is 0 Å². The summed E-state index contributed by atoms with van der Waals surface area (Å²) in [4.78, 5) is 40.0. The number of anilines is 2. The van der Waals surface area contributed by atoms with E-state index in [1.54, 1.807) is 6.07 Å². The topological polar surface area (TPSA) is 104 Å². The number of hydrogen-bond donors (Lipinski definition) is 0. The van der Waals surface area contributed by atoms with Crippen molar-refractivity contribution in [2.45, 2.75) is 60.8 Å². The first kappa shape index (κ1) is 41.7. The van der Waals surface area contributed by atoms with E-state index in [9.17, 15) is 14.4 Å². The largest absolute Gasteiger partial charge is 0.488 e. The Kier molecular flexibility index (Phi) is 20.8. The molecule has 10 heteroatoms. The monoisotopic (exact) mass is 668 g/mol. The molecule has 0 amide bonds. The summed E-state index contributed by atoms with van der Waals surface area (Å²) >= 11 is 0. The lowest BCUT2D eigenvalue weighted by Crippen LogP contribution is -2.36. The van der Waals surface area contributed by atoms with Crippen LogP contribution < -0.4 is 19.3 Å². The normalized spacial score (nSPS) is 13.3. The van der Waals surface area contributed by atoms with Crippen LogP contribution in [0.3, 0.4) is 0 Å². The highest BCUT2D eigenvalue weighted by Gasteiger charge is 2.21. The number of carbonyl (C=O) groups is 3. The van der Waals surface area contributed by atoms with Gasteiger partial charge in [-0.05, 0) is 75.9 Å². The fraction of sp³-hybridized carbons (Fsp3) is 0.500. The Morgan fingerprint density at radius 1 is 0.854 bits per heavy atom. The zero-order valence-electron chi connectivity index (χ0n) is 30.3. The number of aldehydes is 1. The van der Waals surface area contributed by atoms with Crippen LogP contribution >= 0.6 is 0 Å². The molecule has 0 saturated carbocycles. The van der Waals surface area contributed by atoms with Crippen LogP contribution in [0.2, 0.25) is 0 Å². The Labute approximate surface area is 287 Å². The molecule has 0 bridgehead atoms. The van der Waals surface area contributed by atoms with Crippen molar-refractivity contribution in [3.05, 3.63) is 71.3 Å². The van der Waals surface area contributed by atoms with Crippen LogP contribution in [-0.2, 0) is 30.2 Å². The number of methoxy groups -OCH3 is 2. The van der Waals surface area contributed by atoms with Crippen molar-refractivity contribution in [1.29, 1.82) is 0 Å². The molecule has 0 N–H and O–H groups in total. The lowest BCUT2D eigenvalue weighted by atomic mass is 10.0. The van der Waals surface area contributed by atoms with E-state index in [1.807, 2.05) is 80.8 Å². The zero-order valence-corrected chi connectivity index (χ0v) is 30.3. The van der Waals surface area contributed by atoms with Crippen molar-refractivity contribution in [1.82, 2.24) is 0 Å². The molecule has 0 aromatic heterocycles. The van der Waals surface area contributed by atoms with Crippen molar-refractivity contribution in [2.24, 2.45) is 0 Å². The van der Waals surface area contributed by atoms with E-state index in [1.165, 1.54) is 19.8 Å². The molecule has 1 aliphatic heterocycles. The van der Waals surface area contributed by atoms with Crippen LogP contribution in [0.5, 0.6) is 11.5 Å². The first-order chi connectivity index (χ1) is 23.1. The molecule has 0 fully saturated rings. The van der Waals surface area contributed by atoms with E-state index in [4.69, 9.17) is 23.7 Å². The molecule has 0 unspecified atom stereocenters. The number of allylic oxidation sites excluding steroid dienone is 3. The molecule has 0 saturated heterocycles. The number of fused-ring (bicyclic) bond motifs is 2. The molecule has 0 aliphatic carbocycles. The SMILES string of the molecule is C/C=C\C.C=C(C)CC.CCCc1cc2c(cc1C=O)OCCOc1cc(C)ccc1N(CC(=O)OC)CCOCCN2CC(=O)OC. The molecule has 2 aromatic carbocycles. The van der Waals surface area contributed by atoms with E-state index in [-0.39, 0.29) is 32.3 Å². The van der Waals surface area contributed by atoms with Crippen LogP contribution in [-0.4, -0.2) is 85.1 Å². The second kappa shape index (κ2) is 23.9. The van der Waals surface area contributed by atoms with E-state index in [2.05, 4.69) is 13.5 Å². The molecule has 10 nitrogen and oxygen atoms in total. The third kappa shape index (κ3) is 15.1. The van der Waals surface area contributed by atoms with Crippen molar-refractivity contribution in [3.63, 3.8) is 0 Å². The number of hydrogen-bond acceptors (Lipinski definition) is 10. The second-order valence-electron chi connectivity index (χ2n) is 11.1. The van der Waals surface area contributed by atoms with Crippen LogP contribution in [0.15, 0.2) is 54.6 Å². The summed E-state index contributed by atoms with van der Waals surface area (Å²) in [6.45, 7) is 17.6. The lowest BCUT2D eigenvalue weighted by Gasteiger charge is -2.27. The maximum Gasteiger partial charge on any atom is 0.325 e. The molecule has 48 heavy (non-hydrogen) atoms. The molecule has 266 valence electrons. The number of rotatable bonds is 8. The number of ether oxygens (including phenoxy) is 5. The van der Waals surface area contributed by atoms with E-state index in [0.29, 0.717) is 55.5 Å². The summed E-state index contributed by atoms with van der Waals surface area (Å²) in [7, 11) is 2.69. The number of nitrogens with zero attached hydrogens (tertiary/aromatic N) is 2. The zero-order chi connectivity index (χ0) is 35.9. The minimum atomic E-state index is -0.409. The average molecular weight is 669 g/mol. The fourth-order valence-electron chi connectivity index (χ4n) is 4.35. The molecule has 3 rings (SSSR count). The van der Waals surface area contributed by atoms with E-state index >= 15 is 0 Å². The highest BCUT2D eigenvalue weighted by Crippen LogP contribution is 2.33. The predicted molar refractivity (Wildman–Crippen MR) is 193 cm³/mol. The lowest BCUT2D eigenvalue weighted by molar-refractivity contribution is -0.139. The van der Waals surface area contributed by atoms with Gasteiger partial charge in [0.2, 0.25) is 0 Å². The number of carbonyl (C=O) groups excluding carboxylic acids is 3. The summed E-state index contributed by atoms with van der Waals surface area (Å²) in [6.07, 6.45) is 7.50. The highest BCUT2D eigenvalue weighted by molar-refractivity contribution is 5.83. The first-order valence-electron chi connectivity index (χ1n) is 16.5. The average Bonchev–Trinajstić information content (AvgIpc) is 3.09. The molecule has 1 aliphatic rings. The Morgan fingerprint density at radius 2 is 1.38 bits per heavy atom. The van der Waals surface area contributed by atoms with E-state index in [0.717, 1.165) is 35.9 Å². The molecule has 0 atom stereocenters. The summed E-state index contributed by atoms with van der Waals surface area (Å²) in [5, 5.41) is 0. The highest BCUT2D eigenvalue weighted by atomic mass is 16.5. The van der Waals surface area contributed by atoms with Crippen LogP contribution in [0.25, 0.3) is 0 Å². The molecular formula is C38H56N2O8. The minimum absolute atomic E-state index is 0.0160.